The molecule has 0 aliphatic carbocycles. The molecule has 2 aliphatic heterocycles. The van der Waals surface area contributed by atoms with Crippen LogP contribution in [0.2, 0.25) is 0 Å². The molecule has 2 aliphatic rings. The number of hydrogen-bond acceptors (Lipinski definition) is 7. The average Bonchev–Trinajstić information content (AvgIpc) is 3.17. The molecule has 30 heavy (non-hydrogen) atoms. The highest BCUT2D eigenvalue weighted by Gasteiger charge is 2.28. The summed E-state index contributed by atoms with van der Waals surface area (Å²) in [6, 6.07) is 9.82. The van der Waals surface area contributed by atoms with Crippen LogP contribution in [0.3, 0.4) is 0 Å². The average molecular weight is 406 g/mol. The van der Waals surface area contributed by atoms with Gasteiger partial charge < -0.3 is 23.8 Å². The van der Waals surface area contributed by atoms with E-state index < -0.39 is 0 Å². The number of rotatable bonds is 4. The molecule has 0 radical (unpaired) electrons. The van der Waals surface area contributed by atoms with E-state index in [9.17, 15) is 4.79 Å². The van der Waals surface area contributed by atoms with E-state index in [0.717, 1.165) is 46.4 Å². The second-order valence-electron chi connectivity index (χ2n) is 7.29. The van der Waals surface area contributed by atoms with Gasteiger partial charge in [-0.05, 0) is 41.1 Å². The molecular formula is C23H22N2O5. The number of cyclic esters (lactones) is 1. The Bertz CT molecular complexity index is 1120. The number of carbonyl (C=O) groups is 1. The Morgan fingerprint density at radius 2 is 1.77 bits per heavy atom. The zero-order valence-corrected chi connectivity index (χ0v) is 16.9. The third-order valence-electron chi connectivity index (χ3n) is 5.66. The summed E-state index contributed by atoms with van der Waals surface area (Å²) in [5.74, 6) is 1.84. The summed E-state index contributed by atoms with van der Waals surface area (Å²) in [7, 11) is 3.21. The Morgan fingerprint density at radius 1 is 1.00 bits per heavy atom. The van der Waals surface area contributed by atoms with Gasteiger partial charge in [0.25, 0.3) is 0 Å². The third kappa shape index (κ3) is 3.02. The van der Waals surface area contributed by atoms with Crippen molar-refractivity contribution in [2.45, 2.75) is 6.61 Å². The van der Waals surface area contributed by atoms with E-state index in [1.165, 1.54) is 0 Å². The smallest absolute Gasteiger partial charge is 0.339 e. The van der Waals surface area contributed by atoms with Gasteiger partial charge in [0.05, 0.1) is 33.0 Å². The topological polar surface area (TPSA) is 70.1 Å². The monoisotopic (exact) mass is 406 g/mol. The van der Waals surface area contributed by atoms with Crippen molar-refractivity contribution in [3.05, 3.63) is 47.7 Å². The lowest BCUT2D eigenvalue weighted by Gasteiger charge is -2.27. The van der Waals surface area contributed by atoms with Crippen LogP contribution in [0, 0.1) is 0 Å². The number of morpholine rings is 1. The standard InChI is InChI=1S/C23H22N2O5/c1-27-18-10-15-9-16-13-30-23(26)22(16)21(17(15)11-19(18)28-2)14-3-4-20(24-12-14)25-5-7-29-8-6-25/h3-4,9-12H,5-8,13H2,1-2H3. The van der Waals surface area contributed by atoms with E-state index in [0.29, 0.717) is 30.3 Å². The van der Waals surface area contributed by atoms with E-state index in [4.69, 9.17) is 18.9 Å². The van der Waals surface area contributed by atoms with Crippen LogP contribution in [0.25, 0.3) is 21.9 Å². The van der Waals surface area contributed by atoms with Gasteiger partial charge in [-0.3, -0.25) is 0 Å². The Kier molecular flexibility index (Phi) is 4.67. The van der Waals surface area contributed by atoms with E-state index in [1.807, 2.05) is 36.5 Å². The fourth-order valence-electron chi connectivity index (χ4n) is 4.16. The first-order valence-electron chi connectivity index (χ1n) is 9.87. The number of anilines is 1. The zero-order valence-electron chi connectivity index (χ0n) is 16.9. The third-order valence-corrected chi connectivity index (χ3v) is 5.66. The predicted octanol–water partition coefficient (Wildman–Crippen LogP) is 3.43. The van der Waals surface area contributed by atoms with Gasteiger partial charge in [0, 0.05) is 36.0 Å². The highest BCUT2D eigenvalue weighted by molar-refractivity contribution is 6.11. The van der Waals surface area contributed by atoms with Crippen molar-refractivity contribution in [2.75, 3.05) is 45.4 Å². The molecule has 5 rings (SSSR count). The Balaban J connectivity index is 1.69. The van der Waals surface area contributed by atoms with Crippen LogP contribution in [0.1, 0.15) is 15.9 Å². The minimum atomic E-state index is -0.311. The van der Waals surface area contributed by atoms with Gasteiger partial charge in [0.1, 0.15) is 12.4 Å². The summed E-state index contributed by atoms with van der Waals surface area (Å²) < 4.78 is 21.7. The predicted molar refractivity (Wildman–Crippen MR) is 112 cm³/mol. The van der Waals surface area contributed by atoms with Crippen molar-refractivity contribution in [1.29, 1.82) is 0 Å². The molecule has 0 N–H and O–H groups in total. The molecule has 0 saturated carbocycles. The summed E-state index contributed by atoms with van der Waals surface area (Å²) in [4.78, 5) is 19.4. The second-order valence-corrected chi connectivity index (χ2v) is 7.29. The molecule has 7 nitrogen and oxygen atoms in total. The van der Waals surface area contributed by atoms with Crippen LogP contribution >= 0.6 is 0 Å². The molecule has 0 atom stereocenters. The van der Waals surface area contributed by atoms with Crippen LogP contribution in [0.5, 0.6) is 11.5 Å². The van der Waals surface area contributed by atoms with Crippen molar-refractivity contribution in [1.82, 2.24) is 4.98 Å². The largest absolute Gasteiger partial charge is 0.493 e. The number of carbonyl (C=O) groups excluding carboxylic acids is 1. The van der Waals surface area contributed by atoms with Gasteiger partial charge in [0.15, 0.2) is 11.5 Å². The number of ether oxygens (including phenoxy) is 4. The molecule has 154 valence electrons. The van der Waals surface area contributed by atoms with Gasteiger partial charge in [-0.25, -0.2) is 9.78 Å². The van der Waals surface area contributed by atoms with Gasteiger partial charge in [-0.1, -0.05) is 0 Å². The number of nitrogens with zero attached hydrogens (tertiary/aromatic N) is 2. The summed E-state index contributed by atoms with van der Waals surface area (Å²) in [5.41, 5.74) is 3.13. The van der Waals surface area contributed by atoms with Crippen molar-refractivity contribution >= 4 is 22.6 Å². The summed E-state index contributed by atoms with van der Waals surface area (Å²) >= 11 is 0. The number of methoxy groups -OCH3 is 2. The van der Waals surface area contributed by atoms with Gasteiger partial charge in [-0.2, -0.15) is 0 Å². The number of esters is 1. The summed E-state index contributed by atoms with van der Waals surface area (Å²) in [5, 5.41) is 1.85. The van der Waals surface area contributed by atoms with E-state index in [2.05, 4.69) is 9.88 Å². The molecular weight excluding hydrogens is 384 g/mol. The lowest BCUT2D eigenvalue weighted by molar-refractivity contribution is 0.0535. The molecule has 7 heteroatoms. The van der Waals surface area contributed by atoms with Crippen molar-refractivity contribution < 1.29 is 23.7 Å². The van der Waals surface area contributed by atoms with E-state index in [1.54, 1.807) is 14.2 Å². The zero-order chi connectivity index (χ0) is 20.7. The molecule has 0 unspecified atom stereocenters. The number of aromatic nitrogens is 1. The van der Waals surface area contributed by atoms with Crippen molar-refractivity contribution in [3.8, 4) is 22.6 Å². The number of pyridine rings is 1. The molecule has 2 aromatic carbocycles. The van der Waals surface area contributed by atoms with E-state index in [-0.39, 0.29) is 12.6 Å². The quantitative estimate of drug-likeness (QED) is 0.615. The van der Waals surface area contributed by atoms with Crippen LogP contribution in [-0.4, -0.2) is 51.5 Å². The highest BCUT2D eigenvalue weighted by atomic mass is 16.5. The fraction of sp³-hybridized carbons (Fsp3) is 0.304. The fourth-order valence-corrected chi connectivity index (χ4v) is 4.16. The Labute approximate surface area is 174 Å². The van der Waals surface area contributed by atoms with Crippen LogP contribution < -0.4 is 14.4 Å². The molecule has 1 saturated heterocycles. The number of benzene rings is 2. The second kappa shape index (κ2) is 7.50. The maximum Gasteiger partial charge on any atom is 0.339 e. The highest BCUT2D eigenvalue weighted by Crippen LogP contribution is 2.42. The van der Waals surface area contributed by atoms with Crippen LogP contribution in [0.4, 0.5) is 5.82 Å². The molecule has 0 bridgehead atoms. The summed E-state index contributed by atoms with van der Waals surface area (Å²) in [6.07, 6.45) is 1.82. The molecule has 1 fully saturated rings. The number of hydrogen-bond donors (Lipinski definition) is 0. The maximum absolute atomic E-state index is 12.6. The van der Waals surface area contributed by atoms with Gasteiger partial charge >= 0.3 is 5.97 Å². The van der Waals surface area contributed by atoms with Crippen molar-refractivity contribution in [3.63, 3.8) is 0 Å². The molecule has 3 heterocycles. The first-order valence-corrected chi connectivity index (χ1v) is 9.87. The first kappa shape index (κ1) is 18.7. The minimum absolute atomic E-state index is 0.269. The lowest BCUT2D eigenvalue weighted by atomic mass is 9.91. The minimum Gasteiger partial charge on any atom is -0.493 e. The Hall–Kier alpha value is -3.32. The van der Waals surface area contributed by atoms with Crippen molar-refractivity contribution in [2.24, 2.45) is 0 Å². The Morgan fingerprint density at radius 3 is 2.47 bits per heavy atom. The van der Waals surface area contributed by atoms with Gasteiger partial charge in [0.2, 0.25) is 0 Å². The normalized spacial score (nSPS) is 15.8. The first-order chi connectivity index (χ1) is 14.7. The summed E-state index contributed by atoms with van der Waals surface area (Å²) in [6.45, 7) is 3.31. The molecule has 3 aromatic rings. The maximum atomic E-state index is 12.6. The lowest BCUT2D eigenvalue weighted by Crippen LogP contribution is -2.36. The molecule has 0 spiro atoms. The van der Waals surface area contributed by atoms with Gasteiger partial charge in [-0.15, -0.1) is 0 Å². The SMILES string of the molecule is COc1cc2cc3c(c(-c4ccc(N5CCOCC5)nc4)c2cc1OC)C(=O)OC3. The van der Waals surface area contributed by atoms with Crippen LogP contribution in [-0.2, 0) is 16.1 Å². The van der Waals surface area contributed by atoms with E-state index >= 15 is 0 Å². The molecule has 1 aromatic heterocycles. The van der Waals surface area contributed by atoms with Crippen LogP contribution in [0.15, 0.2) is 36.5 Å². The molecule has 0 amide bonds. The number of fused-ring (bicyclic) bond motifs is 2.